The number of fused-ring (bicyclic) bond motifs is 1. The Morgan fingerprint density at radius 1 is 0.769 bits per heavy atom. The summed E-state index contributed by atoms with van der Waals surface area (Å²) in [7, 11) is -3.96. The first-order valence-corrected chi connectivity index (χ1v) is 18.6. The molecule has 0 saturated carbocycles. The second kappa shape index (κ2) is 15.3. The van der Waals surface area contributed by atoms with Crippen molar-refractivity contribution in [2.45, 2.75) is 90.4 Å². The van der Waals surface area contributed by atoms with E-state index in [0.29, 0.717) is 24.5 Å². The number of hydrogen-bond donors (Lipinski definition) is 1. The van der Waals surface area contributed by atoms with Crippen molar-refractivity contribution in [1.29, 1.82) is 0 Å². The number of anilines is 4. The molecule has 3 aromatic rings. The number of sulfonamides is 1. The number of rotatable bonds is 8. The number of aromatic nitrogens is 2. The van der Waals surface area contributed by atoms with Crippen LogP contribution in [-0.4, -0.2) is 78.2 Å². The molecule has 1 aromatic heterocycles. The van der Waals surface area contributed by atoms with E-state index in [1.54, 1.807) is 92.6 Å². The lowest BCUT2D eigenvalue weighted by atomic mass is 10.1. The van der Waals surface area contributed by atoms with Crippen LogP contribution in [0.1, 0.15) is 67.9 Å². The molecule has 282 valence electrons. The van der Waals surface area contributed by atoms with Gasteiger partial charge in [-0.05, 0) is 123 Å². The van der Waals surface area contributed by atoms with Gasteiger partial charge in [0.15, 0.2) is 11.6 Å². The molecular weight excluding hydrogens is 735 g/mol. The van der Waals surface area contributed by atoms with Crippen molar-refractivity contribution in [3.8, 4) is 0 Å². The van der Waals surface area contributed by atoms with Crippen LogP contribution in [0.4, 0.5) is 37.4 Å². The van der Waals surface area contributed by atoms with Gasteiger partial charge in [0.05, 0.1) is 11.4 Å². The summed E-state index contributed by atoms with van der Waals surface area (Å²) in [6.45, 7) is 15.1. The van der Waals surface area contributed by atoms with Gasteiger partial charge in [0.25, 0.3) is 10.0 Å². The third-order valence-corrected chi connectivity index (χ3v) is 8.75. The molecule has 1 N–H and O–H groups in total. The van der Waals surface area contributed by atoms with E-state index in [4.69, 9.17) is 37.4 Å². The zero-order chi connectivity index (χ0) is 38.8. The fourth-order valence-corrected chi connectivity index (χ4v) is 6.69. The number of halogens is 2. The number of nitrogens with one attached hydrogen (secondary N) is 1. The molecular formula is C35H44Cl2N6O8S. The van der Waals surface area contributed by atoms with Crippen molar-refractivity contribution in [3.63, 3.8) is 0 Å². The van der Waals surface area contributed by atoms with Crippen LogP contribution < -0.4 is 14.5 Å². The van der Waals surface area contributed by atoms with E-state index in [1.165, 1.54) is 23.1 Å². The molecule has 0 atom stereocenters. The number of ether oxygens (including phenoxy) is 3. The van der Waals surface area contributed by atoms with Crippen molar-refractivity contribution in [1.82, 2.24) is 15.1 Å². The molecule has 0 bridgehead atoms. The summed E-state index contributed by atoms with van der Waals surface area (Å²) >= 11 is 12.0. The fourth-order valence-electron chi connectivity index (χ4n) is 4.91. The van der Waals surface area contributed by atoms with Crippen molar-refractivity contribution in [2.24, 2.45) is 0 Å². The van der Waals surface area contributed by atoms with Gasteiger partial charge in [-0.25, -0.2) is 27.7 Å². The quantitative estimate of drug-likeness (QED) is 0.220. The minimum absolute atomic E-state index is 0.0645. The summed E-state index contributed by atoms with van der Waals surface area (Å²) in [6, 6.07) is 12.5. The highest BCUT2D eigenvalue weighted by molar-refractivity contribution is 7.92. The van der Waals surface area contributed by atoms with Gasteiger partial charge in [0.1, 0.15) is 16.8 Å². The Kier molecular flexibility index (Phi) is 11.9. The minimum atomic E-state index is -3.96. The lowest BCUT2D eigenvalue weighted by Gasteiger charge is -2.31. The molecule has 2 heterocycles. The molecule has 17 heteroatoms. The molecule has 0 aliphatic carbocycles. The zero-order valence-corrected chi connectivity index (χ0v) is 32.9. The first-order valence-electron chi connectivity index (χ1n) is 16.4. The maximum absolute atomic E-state index is 13.4. The third-order valence-electron chi connectivity index (χ3n) is 6.95. The molecule has 0 spiro atoms. The first kappa shape index (κ1) is 40.4. The molecule has 0 radical (unpaired) electrons. The van der Waals surface area contributed by atoms with Gasteiger partial charge in [0, 0.05) is 34.5 Å². The largest absolute Gasteiger partial charge is 0.443 e. The highest BCUT2D eigenvalue weighted by Gasteiger charge is 2.34. The maximum Gasteiger partial charge on any atom is 0.419 e. The van der Waals surface area contributed by atoms with E-state index < -0.39 is 45.1 Å². The van der Waals surface area contributed by atoms with Gasteiger partial charge in [-0.2, -0.15) is 0 Å². The van der Waals surface area contributed by atoms with Crippen LogP contribution in [0.5, 0.6) is 0 Å². The van der Waals surface area contributed by atoms with Gasteiger partial charge in [-0.3, -0.25) is 9.62 Å². The van der Waals surface area contributed by atoms with Crippen molar-refractivity contribution < 1.29 is 37.0 Å². The van der Waals surface area contributed by atoms with E-state index in [-0.39, 0.29) is 33.8 Å². The highest BCUT2D eigenvalue weighted by atomic mass is 35.5. The van der Waals surface area contributed by atoms with E-state index in [0.717, 1.165) is 16.2 Å². The van der Waals surface area contributed by atoms with Gasteiger partial charge < -0.3 is 19.1 Å². The van der Waals surface area contributed by atoms with E-state index in [1.807, 2.05) is 4.90 Å². The fraction of sp³-hybridized carbons (Fsp3) is 0.457. The maximum atomic E-state index is 13.4. The predicted octanol–water partition coefficient (Wildman–Crippen LogP) is 8.19. The lowest BCUT2D eigenvalue weighted by molar-refractivity contribution is 0.00153. The Balaban J connectivity index is 1.56. The topological polar surface area (TPSA) is 161 Å². The number of hydrogen-bond acceptors (Lipinski definition) is 11. The van der Waals surface area contributed by atoms with Crippen LogP contribution in [0, 0.1) is 0 Å². The standard InChI is InChI=1S/C35H44Cl2N6O8S/c1-33(2,3)49-30(44)42(16-17-43(31(45)50-34(4,5)6)32(46)51-35(7,8)9)29-13-12-28(38-39-29)41-15-14-22-18-25(10-11-27(22)41)40-52(47,48)26-20-23(36)19-24(37)21-26/h10-13,18-21,40H,14-17H2,1-9H3. The second-order valence-corrected chi connectivity index (χ2v) is 17.5. The van der Waals surface area contributed by atoms with Crippen LogP contribution >= 0.6 is 23.2 Å². The zero-order valence-electron chi connectivity index (χ0n) is 30.6. The Morgan fingerprint density at radius 3 is 1.85 bits per heavy atom. The molecule has 52 heavy (non-hydrogen) atoms. The molecule has 0 fully saturated rings. The molecule has 1 aliphatic heterocycles. The summed E-state index contributed by atoms with van der Waals surface area (Å²) < 4.78 is 45.1. The van der Waals surface area contributed by atoms with Gasteiger partial charge in [0.2, 0.25) is 0 Å². The first-order chi connectivity index (χ1) is 23.9. The SMILES string of the molecule is CC(C)(C)OC(=O)N(CCN(C(=O)OC(C)(C)C)c1ccc(N2CCc3cc(NS(=O)(=O)c4cc(Cl)cc(Cl)c4)ccc32)nn1)C(=O)OC(C)(C)C. The number of nitrogens with zero attached hydrogens (tertiary/aromatic N) is 5. The van der Waals surface area contributed by atoms with E-state index in [2.05, 4.69) is 14.9 Å². The monoisotopic (exact) mass is 778 g/mol. The average Bonchev–Trinajstić information content (AvgIpc) is 3.39. The Labute approximate surface area is 314 Å². The van der Waals surface area contributed by atoms with Crippen molar-refractivity contribution in [3.05, 3.63) is 64.1 Å². The second-order valence-electron chi connectivity index (χ2n) is 14.9. The highest BCUT2D eigenvalue weighted by Crippen LogP contribution is 2.36. The number of imide groups is 1. The average molecular weight is 780 g/mol. The Morgan fingerprint density at radius 2 is 1.33 bits per heavy atom. The number of benzene rings is 2. The summed E-state index contributed by atoms with van der Waals surface area (Å²) in [5, 5.41) is 9.10. The smallest absolute Gasteiger partial charge is 0.419 e. The molecule has 14 nitrogen and oxygen atoms in total. The molecule has 3 amide bonds. The molecule has 2 aromatic carbocycles. The summed E-state index contributed by atoms with van der Waals surface area (Å²) in [4.78, 5) is 43.4. The Bertz CT molecular complexity index is 1870. The molecule has 4 rings (SSSR count). The summed E-state index contributed by atoms with van der Waals surface area (Å²) in [6.07, 6.45) is -2.06. The lowest BCUT2D eigenvalue weighted by Crippen LogP contribution is -2.48. The van der Waals surface area contributed by atoms with Crippen molar-refractivity contribution in [2.75, 3.05) is 34.2 Å². The number of carbonyl (C=O) groups excluding carboxylic acids is 3. The van der Waals surface area contributed by atoms with Crippen LogP contribution in [0.15, 0.2) is 53.4 Å². The van der Waals surface area contributed by atoms with Crippen molar-refractivity contribution >= 4 is 74.5 Å². The van der Waals surface area contributed by atoms with E-state index in [9.17, 15) is 22.8 Å². The predicted molar refractivity (Wildman–Crippen MR) is 199 cm³/mol. The molecule has 0 unspecified atom stereocenters. The van der Waals surface area contributed by atoms with Crippen LogP contribution in [0.2, 0.25) is 10.0 Å². The number of carbonyl (C=O) groups is 3. The van der Waals surface area contributed by atoms with Crippen LogP contribution in [0.25, 0.3) is 0 Å². The summed E-state index contributed by atoms with van der Waals surface area (Å²) in [5.41, 5.74) is -0.650. The van der Waals surface area contributed by atoms with Crippen LogP contribution in [-0.2, 0) is 30.7 Å². The third kappa shape index (κ3) is 11.1. The van der Waals surface area contributed by atoms with Crippen LogP contribution in [0.3, 0.4) is 0 Å². The van der Waals surface area contributed by atoms with E-state index >= 15 is 0 Å². The van der Waals surface area contributed by atoms with Gasteiger partial charge >= 0.3 is 18.3 Å². The number of amides is 3. The molecule has 0 saturated heterocycles. The summed E-state index contributed by atoms with van der Waals surface area (Å²) in [5.74, 6) is 0.578. The Hall–Kier alpha value is -4.34. The van der Waals surface area contributed by atoms with Gasteiger partial charge in [-0.1, -0.05) is 23.2 Å². The molecule has 1 aliphatic rings. The van der Waals surface area contributed by atoms with Gasteiger partial charge in [-0.15, -0.1) is 10.2 Å². The minimum Gasteiger partial charge on any atom is -0.443 e. The normalized spacial score (nSPS) is 13.2.